The molecule has 9 rings (SSSR count). The first-order valence-corrected chi connectivity index (χ1v) is 27.5. The minimum absolute atomic E-state index is 0.0227. The van der Waals surface area contributed by atoms with Crippen LogP contribution in [0, 0.1) is 11.7 Å². The number of carbonyl (C=O) groups excluding carboxylic acids is 2. The molecule has 0 aliphatic carbocycles. The zero-order valence-corrected chi connectivity index (χ0v) is 42.5. The normalized spacial score (nSPS) is 18.1. The number of amides is 1. The average molecular weight is 980 g/mol. The smallest absolute Gasteiger partial charge is 0.234 e. The van der Waals surface area contributed by atoms with Gasteiger partial charge in [-0.05, 0) is 95.8 Å². The summed E-state index contributed by atoms with van der Waals surface area (Å²) in [7, 11) is 0. The Kier molecular flexibility index (Phi) is 17.0. The molecule has 2 saturated heterocycles. The molecule has 1 unspecified atom stereocenters. The molecule has 2 bridgehead atoms. The number of benzene rings is 7. The van der Waals surface area contributed by atoms with E-state index in [-0.39, 0.29) is 36.1 Å². The summed E-state index contributed by atoms with van der Waals surface area (Å²) in [5.41, 5.74) is 8.34. The fourth-order valence-electron chi connectivity index (χ4n) is 11.7. The van der Waals surface area contributed by atoms with Gasteiger partial charge < -0.3 is 5.32 Å². The van der Waals surface area contributed by atoms with Gasteiger partial charge in [0, 0.05) is 49.0 Å². The van der Waals surface area contributed by atoms with Gasteiger partial charge in [0.2, 0.25) is 5.91 Å². The number of hydrogen-bond donors (Lipinski definition) is 1. The predicted molar refractivity (Wildman–Crippen MR) is 293 cm³/mol. The Hall–Kier alpha value is -5.77. The molecule has 8 heteroatoms. The molecular formula is C63H66FN3O2S2. The van der Waals surface area contributed by atoms with Crippen molar-refractivity contribution < 1.29 is 14.0 Å². The fraction of sp³-hybridized carbons (Fsp3) is 0.302. The second kappa shape index (κ2) is 24.1. The van der Waals surface area contributed by atoms with E-state index in [1.807, 2.05) is 42.6 Å². The second-order valence-corrected chi connectivity index (χ2v) is 21.6. The SMILES string of the molecule is CCC(=O)[C@H]1[C@@H](c2ccc(F)cc2)CC2CC[C@H]1N2CCCN(CCSC(c1ccccc1)(c1ccccc1)c1ccccc1)CC(=O)NCCSC(c1ccccc1)(c1ccccc1)c1ccccc1. The largest absolute Gasteiger partial charge is 0.354 e. The van der Waals surface area contributed by atoms with Crippen LogP contribution in [0.2, 0.25) is 0 Å². The highest BCUT2D eigenvalue weighted by Gasteiger charge is 2.49. The summed E-state index contributed by atoms with van der Waals surface area (Å²) in [6, 6.07) is 72.0. The molecule has 0 aromatic heterocycles. The van der Waals surface area contributed by atoms with Gasteiger partial charge in [-0.1, -0.05) is 201 Å². The number of piperidine rings is 1. The molecule has 2 heterocycles. The summed E-state index contributed by atoms with van der Waals surface area (Å²) in [6.45, 7) is 5.13. The lowest BCUT2D eigenvalue weighted by Gasteiger charge is -2.44. The van der Waals surface area contributed by atoms with Crippen LogP contribution in [-0.2, 0) is 19.1 Å². The number of nitrogens with zero attached hydrogens (tertiary/aromatic N) is 2. The summed E-state index contributed by atoms with van der Waals surface area (Å²) in [6.07, 6.45) is 4.35. The van der Waals surface area contributed by atoms with Crippen molar-refractivity contribution in [1.82, 2.24) is 15.1 Å². The number of fused-ring (bicyclic) bond motifs is 2. The van der Waals surface area contributed by atoms with Crippen molar-refractivity contribution in [3.8, 4) is 0 Å². The third kappa shape index (κ3) is 11.3. The Bertz CT molecular complexity index is 2540. The van der Waals surface area contributed by atoms with Crippen molar-refractivity contribution in [2.75, 3.05) is 44.2 Å². The first-order valence-electron chi connectivity index (χ1n) is 25.5. The maximum Gasteiger partial charge on any atom is 0.234 e. The van der Waals surface area contributed by atoms with Crippen LogP contribution in [0.15, 0.2) is 206 Å². The van der Waals surface area contributed by atoms with Gasteiger partial charge in [0.15, 0.2) is 0 Å². The van der Waals surface area contributed by atoms with Crippen LogP contribution in [0.25, 0.3) is 0 Å². The van der Waals surface area contributed by atoms with Crippen molar-refractivity contribution in [2.45, 2.75) is 66.5 Å². The topological polar surface area (TPSA) is 52.7 Å². The number of carbonyl (C=O) groups is 2. The molecule has 71 heavy (non-hydrogen) atoms. The van der Waals surface area contributed by atoms with Gasteiger partial charge in [0.1, 0.15) is 11.6 Å². The van der Waals surface area contributed by atoms with Gasteiger partial charge in [-0.15, -0.1) is 23.5 Å². The number of halogens is 1. The Morgan fingerprint density at radius 3 is 1.46 bits per heavy atom. The molecule has 2 aliphatic heterocycles. The zero-order chi connectivity index (χ0) is 48.9. The van der Waals surface area contributed by atoms with Gasteiger partial charge in [0.05, 0.1) is 16.0 Å². The summed E-state index contributed by atoms with van der Waals surface area (Å²) in [5.74, 6) is 1.57. The molecule has 0 radical (unpaired) electrons. The molecule has 4 atom stereocenters. The second-order valence-electron chi connectivity index (χ2n) is 19.0. The van der Waals surface area contributed by atoms with E-state index in [1.165, 1.54) is 45.5 Å². The van der Waals surface area contributed by atoms with E-state index in [0.29, 0.717) is 30.5 Å². The highest BCUT2D eigenvalue weighted by Crippen LogP contribution is 2.51. The van der Waals surface area contributed by atoms with Crippen LogP contribution in [0.3, 0.4) is 0 Å². The lowest BCUT2D eigenvalue weighted by molar-refractivity contribution is -0.127. The van der Waals surface area contributed by atoms with Crippen molar-refractivity contribution in [2.24, 2.45) is 5.92 Å². The minimum atomic E-state index is -0.466. The first-order chi connectivity index (χ1) is 34.9. The predicted octanol–water partition coefficient (Wildman–Crippen LogP) is 13.0. The maximum absolute atomic E-state index is 14.3. The van der Waals surface area contributed by atoms with Gasteiger partial charge in [-0.25, -0.2) is 4.39 Å². The lowest BCUT2D eigenvalue weighted by atomic mass is 9.73. The monoisotopic (exact) mass is 979 g/mol. The number of rotatable bonds is 23. The van der Waals surface area contributed by atoms with E-state index in [4.69, 9.17) is 0 Å². The van der Waals surface area contributed by atoms with Crippen LogP contribution in [0.4, 0.5) is 4.39 Å². The average Bonchev–Trinajstić information content (AvgIpc) is 3.70. The Morgan fingerprint density at radius 1 is 0.592 bits per heavy atom. The Labute approximate surface area is 429 Å². The lowest BCUT2D eigenvalue weighted by Crippen LogP contribution is -2.51. The molecule has 1 N–H and O–H groups in total. The molecule has 364 valence electrons. The maximum atomic E-state index is 14.3. The number of Topliss-reactive ketones (excluding diaryl/α,β-unsaturated/α-hetero) is 1. The van der Waals surface area contributed by atoms with E-state index >= 15 is 0 Å². The van der Waals surface area contributed by atoms with Crippen molar-refractivity contribution in [1.29, 1.82) is 0 Å². The highest BCUT2D eigenvalue weighted by atomic mass is 32.2. The summed E-state index contributed by atoms with van der Waals surface area (Å²) < 4.78 is 13.1. The van der Waals surface area contributed by atoms with Crippen LogP contribution in [-0.4, -0.2) is 77.8 Å². The molecule has 1 amide bonds. The zero-order valence-electron chi connectivity index (χ0n) is 40.8. The van der Waals surface area contributed by atoms with Crippen LogP contribution >= 0.6 is 23.5 Å². The van der Waals surface area contributed by atoms with Crippen molar-refractivity contribution >= 4 is 35.2 Å². The van der Waals surface area contributed by atoms with E-state index in [0.717, 1.165) is 56.6 Å². The molecule has 5 nitrogen and oxygen atoms in total. The van der Waals surface area contributed by atoms with Gasteiger partial charge in [0.25, 0.3) is 0 Å². The Morgan fingerprint density at radius 2 is 1.03 bits per heavy atom. The summed E-state index contributed by atoms with van der Waals surface area (Å²) in [4.78, 5) is 33.0. The molecular weight excluding hydrogens is 914 g/mol. The van der Waals surface area contributed by atoms with Gasteiger partial charge in [-0.3, -0.25) is 19.4 Å². The van der Waals surface area contributed by atoms with Crippen LogP contribution in [0.1, 0.15) is 83.9 Å². The molecule has 2 fully saturated rings. The first kappa shape index (κ1) is 50.2. The third-order valence-corrected chi connectivity index (χ3v) is 18.0. The fourth-order valence-corrected chi connectivity index (χ4v) is 14.6. The standard InChI is InChI=1S/C63H66FN3O2S2/c1-2-59(68)61-57(48-34-36-55(64)37-35-48)46-56-38-39-58(61)67(56)42-21-41-66(43-45-71-63(52-28-15-6-16-29-52,53-30-17-7-18-31-53)54-32-19-8-20-33-54)47-60(69)65-40-44-70-62(49-22-9-3-10-23-49,50-24-11-4-12-25-50)51-26-13-5-14-27-51/h3-20,22-37,56-58,61H,2,21,38-47H2,1H3,(H,65,69)/t56?,57-,58-,61+/m1/s1. The number of hydrogen-bond acceptors (Lipinski definition) is 6. The van der Waals surface area contributed by atoms with Crippen LogP contribution in [0.5, 0.6) is 0 Å². The summed E-state index contributed by atoms with van der Waals surface area (Å²) >= 11 is 3.79. The third-order valence-electron chi connectivity index (χ3n) is 14.9. The minimum Gasteiger partial charge on any atom is -0.354 e. The summed E-state index contributed by atoms with van der Waals surface area (Å²) in [5, 5.41) is 3.36. The molecule has 0 spiro atoms. The Balaban J connectivity index is 0.933. The van der Waals surface area contributed by atoms with E-state index in [1.54, 1.807) is 0 Å². The van der Waals surface area contributed by atoms with E-state index in [9.17, 15) is 14.0 Å². The van der Waals surface area contributed by atoms with Crippen molar-refractivity contribution in [3.63, 3.8) is 0 Å². The molecule has 7 aromatic rings. The van der Waals surface area contributed by atoms with Gasteiger partial charge in [-0.2, -0.15) is 0 Å². The van der Waals surface area contributed by atoms with E-state index < -0.39 is 9.49 Å². The van der Waals surface area contributed by atoms with Crippen LogP contribution < -0.4 is 5.32 Å². The van der Waals surface area contributed by atoms with Crippen molar-refractivity contribution in [3.05, 3.63) is 251 Å². The van der Waals surface area contributed by atoms with E-state index in [2.05, 4.69) is 197 Å². The molecule has 7 aromatic carbocycles. The molecule has 2 aliphatic rings. The number of ketones is 1. The number of thioether (sulfide) groups is 2. The number of nitrogens with one attached hydrogen (secondary N) is 1. The van der Waals surface area contributed by atoms with Gasteiger partial charge >= 0.3 is 0 Å². The quantitative estimate of drug-likeness (QED) is 0.0509. The molecule has 0 saturated carbocycles. The highest BCUT2D eigenvalue weighted by molar-refractivity contribution is 8.00.